The van der Waals surface area contributed by atoms with Gasteiger partial charge in [-0.1, -0.05) is 12.8 Å². The fraction of sp³-hybridized carbons (Fsp3) is 0.769. The van der Waals surface area contributed by atoms with Gasteiger partial charge in [-0.15, -0.1) is 11.3 Å². The van der Waals surface area contributed by atoms with Gasteiger partial charge in [0, 0.05) is 11.4 Å². The van der Waals surface area contributed by atoms with E-state index >= 15 is 0 Å². The zero-order chi connectivity index (χ0) is 12.3. The van der Waals surface area contributed by atoms with Crippen LogP contribution in [-0.4, -0.2) is 30.1 Å². The number of aromatic nitrogens is 1. The molecule has 0 aliphatic rings. The molecule has 98 valence electrons. The van der Waals surface area contributed by atoms with Crippen molar-refractivity contribution in [3.05, 3.63) is 16.1 Å². The molecule has 1 aromatic heterocycles. The van der Waals surface area contributed by atoms with Crippen molar-refractivity contribution in [3.8, 4) is 0 Å². The van der Waals surface area contributed by atoms with Crippen LogP contribution in [0, 0.1) is 6.92 Å². The molecule has 17 heavy (non-hydrogen) atoms. The van der Waals surface area contributed by atoms with Gasteiger partial charge in [-0.2, -0.15) is 11.8 Å². The van der Waals surface area contributed by atoms with Crippen LogP contribution in [0.1, 0.15) is 36.3 Å². The molecular weight excluding hydrogens is 248 g/mol. The number of hydrogen-bond donors (Lipinski definition) is 1. The van der Waals surface area contributed by atoms with E-state index in [1.807, 2.05) is 17.3 Å². The Morgan fingerprint density at radius 3 is 2.76 bits per heavy atom. The van der Waals surface area contributed by atoms with Gasteiger partial charge in [0.15, 0.2) is 0 Å². The Hall–Kier alpha value is -0.0600. The number of unbranched alkanes of at least 4 members (excludes halogenated alkanes) is 3. The highest BCUT2D eigenvalue weighted by molar-refractivity contribution is 7.98. The minimum absolute atomic E-state index is 1.09. The Kier molecular flexibility index (Phi) is 8.75. The molecule has 0 aromatic carbocycles. The first-order chi connectivity index (χ1) is 8.34. The van der Waals surface area contributed by atoms with E-state index in [9.17, 15) is 0 Å². The first kappa shape index (κ1) is 15.0. The topological polar surface area (TPSA) is 24.9 Å². The second-order valence-electron chi connectivity index (χ2n) is 4.27. The molecule has 2 nitrogen and oxygen atoms in total. The fourth-order valence-corrected chi connectivity index (χ4v) is 3.02. The van der Waals surface area contributed by atoms with Crippen LogP contribution in [0.2, 0.25) is 0 Å². The van der Waals surface area contributed by atoms with Crippen molar-refractivity contribution in [3.63, 3.8) is 0 Å². The zero-order valence-electron chi connectivity index (χ0n) is 11.0. The molecule has 0 atom stereocenters. The van der Waals surface area contributed by atoms with Crippen molar-refractivity contribution in [2.24, 2.45) is 0 Å². The standard InChI is InChI=1S/C13H24N2S2/c1-12-13(17-11-15-12)7-9-14-8-5-3-4-6-10-16-2/h11,14H,3-10H2,1-2H3. The van der Waals surface area contributed by atoms with Gasteiger partial charge in [0.05, 0.1) is 11.2 Å². The van der Waals surface area contributed by atoms with E-state index in [4.69, 9.17) is 0 Å². The Morgan fingerprint density at radius 2 is 2.06 bits per heavy atom. The number of nitrogens with zero attached hydrogens (tertiary/aromatic N) is 1. The number of nitrogens with one attached hydrogen (secondary N) is 1. The molecule has 0 bridgehead atoms. The minimum atomic E-state index is 1.09. The van der Waals surface area contributed by atoms with Crippen LogP contribution in [0.25, 0.3) is 0 Å². The van der Waals surface area contributed by atoms with Crippen LogP contribution in [0.15, 0.2) is 5.51 Å². The fourth-order valence-electron chi connectivity index (χ4n) is 1.74. The summed E-state index contributed by atoms with van der Waals surface area (Å²) in [5.41, 5.74) is 3.14. The lowest BCUT2D eigenvalue weighted by Gasteiger charge is -2.04. The summed E-state index contributed by atoms with van der Waals surface area (Å²) in [5.74, 6) is 1.32. The summed E-state index contributed by atoms with van der Waals surface area (Å²) >= 11 is 3.73. The number of thioether (sulfide) groups is 1. The van der Waals surface area contributed by atoms with Crippen LogP contribution in [0.3, 0.4) is 0 Å². The molecule has 1 heterocycles. The maximum absolute atomic E-state index is 4.26. The quantitative estimate of drug-likeness (QED) is 0.660. The lowest BCUT2D eigenvalue weighted by atomic mass is 10.2. The summed E-state index contributed by atoms with van der Waals surface area (Å²) < 4.78 is 0. The molecule has 1 N–H and O–H groups in total. The Labute approximate surface area is 114 Å². The highest BCUT2D eigenvalue weighted by Crippen LogP contribution is 2.11. The van der Waals surface area contributed by atoms with Crippen LogP contribution >= 0.6 is 23.1 Å². The van der Waals surface area contributed by atoms with Gasteiger partial charge in [0.2, 0.25) is 0 Å². The monoisotopic (exact) mass is 272 g/mol. The molecule has 0 saturated heterocycles. The van der Waals surface area contributed by atoms with Crippen LogP contribution in [-0.2, 0) is 6.42 Å². The average molecular weight is 272 g/mol. The molecule has 0 saturated carbocycles. The van der Waals surface area contributed by atoms with E-state index in [0.29, 0.717) is 0 Å². The zero-order valence-corrected chi connectivity index (χ0v) is 12.6. The molecule has 0 aliphatic carbocycles. The van der Waals surface area contributed by atoms with Crippen molar-refractivity contribution in [2.75, 3.05) is 25.1 Å². The molecule has 0 amide bonds. The first-order valence-electron chi connectivity index (χ1n) is 6.43. The molecule has 0 radical (unpaired) electrons. The third kappa shape index (κ3) is 7.06. The van der Waals surface area contributed by atoms with E-state index in [1.54, 1.807) is 11.3 Å². The van der Waals surface area contributed by atoms with E-state index in [-0.39, 0.29) is 0 Å². The molecule has 1 rings (SSSR count). The maximum Gasteiger partial charge on any atom is 0.0797 e. The van der Waals surface area contributed by atoms with Crippen LogP contribution in [0.5, 0.6) is 0 Å². The average Bonchev–Trinajstić information content (AvgIpc) is 2.73. The molecule has 1 aromatic rings. The highest BCUT2D eigenvalue weighted by Gasteiger charge is 1.99. The van der Waals surface area contributed by atoms with Gasteiger partial charge in [-0.3, -0.25) is 0 Å². The lowest BCUT2D eigenvalue weighted by molar-refractivity contribution is 0.601. The van der Waals surface area contributed by atoms with E-state index in [2.05, 4.69) is 23.5 Å². The highest BCUT2D eigenvalue weighted by atomic mass is 32.2. The van der Waals surface area contributed by atoms with Crippen molar-refractivity contribution in [1.29, 1.82) is 0 Å². The van der Waals surface area contributed by atoms with E-state index in [1.165, 1.54) is 42.0 Å². The summed E-state index contributed by atoms with van der Waals surface area (Å²) in [5, 5.41) is 3.52. The Balaban J connectivity index is 1.86. The van der Waals surface area contributed by atoms with Gasteiger partial charge >= 0.3 is 0 Å². The van der Waals surface area contributed by atoms with Crippen LogP contribution in [0.4, 0.5) is 0 Å². The third-order valence-corrected chi connectivity index (χ3v) is 4.52. The number of rotatable bonds is 10. The summed E-state index contributed by atoms with van der Waals surface area (Å²) in [6.07, 6.45) is 8.76. The van der Waals surface area contributed by atoms with Gasteiger partial charge in [0.25, 0.3) is 0 Å². The van der Waals surface area contributed by atoms with Gasteiger partial charge in [-0.25, -0.2) is 4.98 Å². The predicted octanol–water partition coefficient (Wildman–Crippen LogP) is 3.51. The Morgan fingerprint density at radius 1 is 1.24 bits per heavy atom. The molecule has 4 heteroatoms. The van der Waals surface area contributed by atoms with E-state index < -0.39 is 0 Å². The van der Waals surface area contributed by atoms with Crippen molar-refractivity contribution in [1.82, 2.24) is 10.3 Å². The SMILES string of the molecule is CSCCCCCCNCCc1scnc1C. The first-order valence-corrected chi connectivity index (χ1v) is 8.70. The summed E-state index contributed by atoms with van der Waals surface area (Å²) in [4.78, 5) is 5.69. The number of hydrogen-bond acceptors (Lipinski definition) is 4. The van der Waals surface area contributed by atoms with Crippen molar-refractivity contribution >= 4 is 23.1 Å². The third-order valence-electron chi connectivity index (χ3n) is 2.83. The maximum atomic E-state index is 4.26. The van der Waals surface area contributed by atoms with Crippen LogP contribution < -0.4 is 5.32 Å². The lowest BCUT2D eigenvalue weighted by Crippen LogP contribution is -2.18. The van der Waals surface area contributed by atoms with Gasteiger partial charge < -0.3 is 5.32 Å². The normalized spacial score (nSPS) is 10.9. The molecule has 0 aliphatic heterocycles. The van der Waals surface area contributed by atoms with E-state index in [0.717, 1.165) is 19.5 Å². The molecule has 0 unspecified atom stereocenters. The minimum Gasteiger partial charge on any atom is -0.316 e. The molecule has 0 spiro atoms. The smallest absolute Gasteiger partial charge is 0.0797 e. The van der Waals surface area contributed by atoms with Gasteiger partial charge in [0.1, 0.15) is 0 Å². The summed E-state index contributed by atoms with van der Waals surface area (Å²) in [7, 11) is 0. The summed E-state index contributed by atoms with van der Waals surface area (Å²) in [6.45, 7) is 4.35. The molecule has 0 fully saturated rings. The number of aryl methyl sites for hydroxylation is 1. The Bertz CT molecular complexity index is 287. The second kappa shape index (κ2) is 9.92. The molecular formula is C13H24N2S2. The predicted molar refractivity (Wildman–Crippen MR) is 80.3 cm³/mol. The summed E-state index contributed by atoms with van der Waals surface area (Å²) in [6, 6.07) is 0. The van der Waals surface area contributed by atoms with Crippen molar-refractivity contribution in [2.45, 2.75) is 39.0 Å². The second-order valence-corrected chi connectivity index (χ2v) is 6.19. The van der Waals surface area contributed by atoms with Gasteiger partial charge in [-0.05, 0) is 44.7 Å². The van der Waals surface area contributed by atoms with Crippen molar-refractivity contribution < 1.29 is 0 Å². The largest absolute Gasteiger partial charge is 0.316 e. The number of thiazole rings is 1.